The molecule has 0 atom stereocenters. The van der Waals surface area contributed by atoms with E-state index in [9.17, 15) is 4.79 Å². The maximum atomic E-state index is 12.0. The first-order valence-corrected chi connectivity index (χ1v) is 6.51. The van der Waals surface area contributed by atoms with Gasteiger partial charge in [-0.15, -0.1) is 0 Å². The van der Waals surface area contributed by atoms with Gasteiger partial charge in [-0.3, -0.25) is 0 Å². The summed E-state index contributed by atoms with van der Waals surface area (Å²) in [6.07, 6.45) is 5.76. The number of hydrogen-bond acceptors (Lipinski definition) is 2. The van der Waals surface area contributed by atoms with Gasteiger partial charge in [-0.25, -0.2) is 4.79 Å². The van der Waals surface area contributed by atoms with Gasteiger partial charge in [0.1, 0.15) is 6.10 Å². The Morgan fingerprint density at radius 3 is 2.00 bits per heavy atom. The van der Waals surface area contributed by atoms with Crippen molar-refractivity contribution in [1.29, 1.82) is 0 Å². The van der Waals surface area contributed by atoms with Crippen LogP contribution in [0.25, 0.3) is 0 Å². The average molecular weight is 227 g/mol. The predicted octanol–water partition coefficient (Wildman–Crippen LogP) is 3.57. The summed E-state index contributed by atoms with van der Waals surface area (Å²) in [6.45, 7) is 8.12. The second-order valence-electron chi connectivity index (χ2n) is 5.24. The van der Waals surface area contributed by atoms with Gasteiger partial charge in [-0.2, -0.15) is 0 Å². The van der Waals surface area contributed by atoms with Gasteiger partial charge >= 0.3 is 6.09 Å². The van der Waals surface area contributed by atoms with Crippen molar-refractivity contribution in [2.24, 2.45) is 0 Å². The minimum atomic E-state index is -0.142. The number of carbonyl (C=O) groups excluding carboxylic acids is 1. The number of hydrogen-bond donors (Lipinski definition) is 0. The molecule has 0 bridgehead atoms. The maximum Gasteiger partial charge on any atom is 0.410 e. The molecule has 3 nitrogen and oxygen atoms in total. The van der Waals surface area contributed by atoms with E-state index in [1.54, 1.807) is 0 Å². The van der Waals surface area contributed by atoms with Crippen LogP contribution < -0.4 is 0 Å². The van der Waals surface area contributed by atoms with E-state index in [1.807, 2.05) is 32.6 Å². The average Bonchev–Trinajstić information content (AvgIpc) is 2.17. The normalized spacial score (nSPS) is 17.9. The summed E-state index contributed by atoms with van der Waals surface area (Å²) in [7, 11) is 0. The lowest BCUT2D eigenvalue weighted by Crippen LogP contribution is -2.43. The Hall–Kier alpha value is -0.730. The van der Waals surface area contributed by atoms with E-state index in [2.05, 4.69) is 0 Å². The van der Waals surface area contributed by atoms with Gasteiger partial charge in [-0.1, -0.05) is 6.42 Å². The number of ether oxygens (including phenoxy) is 1. The second-order valence-corrected chi connectivity index (χ2v) is 5.24. The van der Waals surface area contributed by atoms with Crippen LogP contribution in [0.2, 0.25) is 0 Å². The van der Waals surface area contributed by atoms with Crippen molar-refractivity contribution in [2.45, 2.75) is 78.0 Å². The minimum Gasteiger partial charge on any atom is -0.446 e. The lowest BCUT2D eigenvalue weighted by atomic mass is 9.98. The van der Waals surface area contributed by atoms with Crippen molar-refractivity contribution >= 4 is 6.09 Å². The first-order chi connectivity index (χ1) is 7.52. The third kappa shape index (κ3) is 3.69. The molecular weight excluding hydrogens is 202 g/mol. The molecule has 3 heteroatoms. The van der Waals surface area contributed by atoms with Gasteiger partial charge in [0.2, 0.25) is 0 Å². The van der Waals surface area contributed by atoms with Crippen molar-refractivity contribution in [1.82, 2.24) is 4.90 Å². The summed E-state index contributed by atoms with van der Waals surface area (Å²) in [5.74, 6) is 0. The van der Waals surface area contributed by atoms with Crippen LogP contribution in [0.15, 0.2) is 0 Å². The highest BCUT2D eigenvalue weighted by molar-refractivity contribution is 5.68. The van der Waals surface area contributed by atoms with Crippen LogP contribution in [-0.2, 0) is 4.74 Å². The first kappa shape index (κ1) is 13.3. The van der Waals surface area contributed by atoms with Crippen molar-refractivity contribution in [3.05, 3.63) is 0 Å². The molecule has 0 spiro atoms. The smallest absolute Gasteiger partial charge is 0.410 e. The van der Waals surface area contributed by atoms with Gasteiger partial charge in [0, 0.05) is 12.1 Å². The zero-order valence-corrected chi connectivity index (χ0v) is 11.0. The van der Waals surface area contributed by atoms with Gasteiger partial charge in [0.25, 0.3) is 0 Å². The molecule has 1 aliphatic carbocycles. The fraction of sp³-hybridized carbons (Fsp3) is 0.923. The Morgan fingerprint density at radius 2 is 1.56 bits per heavy atom. The second kappa shape index (κ2) is 6.12. The topological polar surface area (TPSA) is 29.5 Å². The summed E-state index contributed by atoms with van der Waals surface area (Å²) in [6, 6.07) is 0.409. The third-order valence-corrected chi connectivity index (χ3v) is 3.14. The number of carbonyl (C=O) groups is 1. The molecular formula is C13H25NO2. The summed E-state index contributed by atoms with van der Waals surface area (Å²) >= 11 is 0. The van der Waals surface area contributed by atoms with E-state index in [0.29, 0.717) is 0 Å². The van der Waals surface area contributed by atoms with Crippen LogP contribution in [0.5, 0.6) is 0 Å². The van der Waals surface area contributed by atoms with E-state index < -0.39 is 0 Å². The number of rotatable bonds is 3. The van der Waals surface area contributed by atoms with Crippen molar-refractivity contribution < 1.29 is 9.53 Å². The van der Waals surface area contributed by atoms with Gasteiger partial charge in [0.05, 0.1) is 0 Å². The SMILES string of the molecule is CC(C)N(C(=O)OC1CCCCC1)C(C)C. The highest BCUT2D eigenvalue weighted by Gasteiger charge is 2.25. The zero-order valence-electron chi connectivity index (χ0n) is 11.0. The van der Waals surface area contributed by atoms with E-state index in [0.717, 1.165) is 12.8 Å². The zero-order chi connectivity index (χ0) is 12.1. The summed E-state index contributed by atoms with van der Waals surface area (Å²) < 4.78 is 5.56. The van der Waals surface area contributed by atoms with Crippen LogP contribution in [0, 0.1) is 0 Å². The van der Waals surface area contributed by atoms with E-state index in [1.165, 1.54) is 19.3 Å². The molecule has 94 valence electrons. The third-order valence-electron chi connectivity index (χ3n) is 3.14. The van der Waals surface area contributed by atoms with Crippen LogP contribution in [0.4, 0.5) is 4.79 Å². The lowest BCUT2D eigenvalue weighted by Gasteiger charge is -2.32. The Kier molecular flexibility index (Phi) is 5.10. The molecule has 0 radical (unpaired) electrons. The molecule has 1 rings (SSSR count). The van der Waals surface area contributed by atoms with Gasteiger partial charge in [0.15, 0.2) is 0 Å². The van der Waals surface area contributed by atoms with Crippen LogP contribution in [-0.4, -0.2) is 29.2 Å². The van der Waals surface area contributed by atoms with E-state index in [4.69, 9.17) is 4.74 Å². The minimum absolute atomic E-state index is 0.142. The van der Waals surface area contributed by atoms with Crippen LogP contribution in [0.3, 0.4) is 0 Å². The lowest BCUT2D eigenvalue weighted by molar-refractivity contribution is 0.0313. The maximum absolute atomic E-state index is 12.0. The van der Waals surface area contributed by atoms with Crippen molar-refractivity contribution in [2.75, 3.05) is 0 Å². The molecule has 0 heterocycles. The molecule has 1 aliphatic rings. The highest BCUT2D eigenvalue weighted by Crippen LogP contribution is 2.21. The Bertz CT molecular complexity index is 212. The Balaban J connectivity index is 2.47. The van der Waals surface area contributed by atoms with Crippen LogP contribution in [0.1, 0.15) is 59.8 Å². The molecule has 1 fully saturated rings. The quantitative estimate of drug-likeness (QED) is 0.737. The molecule has 0 aromatic heterocycles. The highest BCUT2D eigenvalue weighted by atomic mass is 16.6. The molecule has 1 saturated carbocycles. The first-order valence-electron chi connectivity index (χ1n) is 6.51. The van der Waals surface area contributed by atoms with Gasteiger partial charge in [-0.05, 0) is 53.4 Å². The molecule has 0 aromatic rings. The molecule has 0 unspecified atom stereocenters. The number of nitrogens with zero attached hydrogens (tertiary/aromatic N) is 1. The predicted molar refractivity (Wildman–Crippen MR) is 65.5 cm³/mol. The summed E-state index contributed by atoms with van der Waals surface area (Å²) in [5.41, 5.74) is 0. The van der Waals surface area contributed by atoms with Crippen molar-refractivity contribution in [3.8, 4) is 0 Å². The van der Waals surface area contributed by atoms with Crippen LogP contribution >= 0.6 is 0 Å². The van der Waals surface area contributed by atoms with E-state index in [-0.39, 0.29) is 24.3 Å². The summed E-state index contributed by atoms with van der Waals surface area (Å²) in [4.78, 5) is 13.8. The molecule has 16 heavy (non-hydrogen) atoms. The monoisotopic (exact) mass is 227 g/mol. The molecule has 0 N–H and O–H groups in total. The fourth-order valence-corrected chi connectivity index (χ4v) is 2.40. The standard InChI is InChI=1S/C13H25NO2/c1-10(2)14(11(3)4)13(15)16-12-8-6-5-7-9-12/h10-12H,5-9H2,1-4H3. The molecule has 1 amide bonds. The van der Waals surface area contributed by atoms with Crippen molar-refractivity contribution in [3.63, 3.8) is 0 Å². The van der Waals surface area contributed by atoms with E-state index >= 15 is 0 Å². The fourth-order valence-electron chi connectivity index (χ4n) is 2.40. The molecule has 0 aliphatic heterocycles. The molecule has 0 aromatic carbocycles. The summed E-state index contributed by atoms with van der Waals surface area (Å²) in [5, 5.41) is 0. The Labute approximate surface area is 99.1 Å². The largest absolute Gasteiger partial charge is 0.446 e. The number of amides is 1. The Morgan fingerprint density at radius 1 is 1.06 bits per heavy atom. The van der Waals surface area contributed by atoms with Gasteiger partial charge < -0.3 is 9.64 Å². The molecule has 0 saturated heterocycles.